The molecule has 20 heavy (non-hydrogen) atoms. The SMILES string of the molecule is Cc1sc(N2CCC3NC(=O)CCC3C2)nc1C(=O)O. The van der Waals surface area contributed by atoms with Gasteiger partial charge in [-0.1, -0.05) is 0 Å². The summed E-state index contributed by atoms with van der Waals surface area (Å²) in [5, 5.41) is 12.9. The Bertz CT molecular complexity index is 557. The van der Waals surface area contributed by atoms with Gasteiger partial charge in [-0.05, 0) is 25.7 Å². The van der Waals surface area contributed by atoms with Crippen LogP contribution in [0.4, 0.5) is 5.13 Å². The Morgan fingerprint density at radius 3 is 3.00 bits per heavy atom. The molecule has 2 atom stereocenters. The molecule has 2 fully saturated rings. The number of carbonyl (C=O) groups excluding carboxylic acids is 1. The van der Waals surface area contributed by atoms with Crippen molar-refractivity contribution in [2.24, 2.45) is 5.92 Å². The number of carboxylic acids is 1. The van der Waals surface area contributed by atoms with Crippen LogP contribution < -0.4 is 10.2 Å². The van der Waals surface area contributed by atoms with Gasteiger partial charge in [0.1, 0.15) is 0 Å². The molecule has 7 heteroatoms. The number of fused-ring (bicyclic) bond motifs is 1. The molecule has 0 aromatic carbocycles. The summed E-state index contributed by atoms with van der Waals surface area (Å²) in [5.74, 6) is -0.373. The van der Waals surface area contributed by atoms with E-state index in [1.54, 1.807) is 6.92 Å². The van der Waals surface area contributed by atoms with Crippen LogP contribution in [0.1, 0.15) is 34.6 Å². The molecular weight excluding hydrogens is 278 g/mol. The zero-order chi connectivity index (χ0) is 14.3. The molecule has 3 rings (SSSR count). The second kappa shape index (κ2) is 5.05. The maximum absolute atomic E-state index is 11.4. The van der Waals surface area contributed by atoms with Gasteiger partial charge in [0.05, 0.1) is 0 Å². The number of hydrogen-bond donors (Lipinski definition) is 2. The van der Waals surface area contributed by atoms with Gasteiger partial charge in [-0.2, -0.15) is 0 Å². The van der Waals surface area contributed by atoms with Gasteiger partial charge in [-0.25, -0.2) is 9.78 Å². The van der Waals surface area contributed by atoms with E-state index in [1.165, 1.54) is 11.3 Å². The largest absolute Gasteiger partial charge is 0.476 e. The van der Waals surface area contributed by atoms with Gasteiger partial charge in [-0.15, -0.1) is 11.3 Å². The first-order valence-electron chi connectivity index (χ1n) is 6.79. The number of piperidine rings is 2. The molecule has 2 N–H and O–H groups in total. The molecule has 2 saturated heterocycles. The number of carboxylic acid groups (broad SMARTS) is 1. The van der Waals surface area contributed by atoms with Gasteiger partial charge >= 0.3 is 5.97 Å². The van der Waals surface area contributed by atoms with Crippen molar-refractivity contribution in [3.63, 3.8) is 0 Å². The number of amides is 1. The zero-order valence-corrected chi connectivity index (χ0v) is 12.1. The average Bonchev–Trinajstić information content (AvgIpc) is 2.80. The fourth-order valence-electron chi connectivity index (χ4n) is 3.00. The molecule has 1 aromatic heterocycles. The summed E-state index contributed by atoms with van der Waals surface area (Å²) < 4.78 is 0. The van der Waals surface area contributed by atoms with Crippen molar-refractivity contribution >= 4 is 28.3 Å². The molecule has 2 aliphatic rings. The fraction of sp³-hybridized carbons (Fsp3) is 0.615. The normalized spacial score (nSPS) is 26.1. The monoisotopic (exact) mass is 295 g/mol. The third-order valence-electron chi connectivity index (χ3n) is 4.08. The van der Waals surface area contributed by atoms with E-state index in [-0.39, 0.29) is 17.6 Å². The Morgan fingerprint density at radius 1 is 1.50 bits per heavy atom. The second-order valence-electron chi connectivity index (χ2n) is 5.41. The molecule has 1 amide bonds. The van der Waals surface area contributed by atoms with Crippen molar-refractivity contribution in [3.8, 4) is 0 Å². The maximum Gasteiger partial charge on any atom is 0.355 e. The van der Waals surface area contributed by atoms with Crippen LogP contribution in [0.15, 0.2) is 0 Å². The highest BCUT2D eigenvalue weighted by atomic mass is 32.1. The third-order valence-corrected chi connectivity index (χ3v) is 5.11. The molecule has 108 valence electrons. The van der Waals surface area contributed by atoms with Crippen LogP contribution in [-0.2, 0) is 4.79 Å². The summed E-state index contributed by atoms with van der Waals surface area (Å²) in [4.78, 5) is 29.6. The Kier molecular flexibility index (Phi) is 3.37. The smallest absolute Gasteiger partial charge is 0.355 e. The summed E-state index contributed by atoms with van der Waals surface area (Å²) in [6.07, 6.45) is 2.40. The van der Waals surface area contributed by atoms with Crippen LogP contribution in [-0.4, -0.2) is 41.1 Å². The minimum Gasteiger partial charge on any atom is -0.476 e. The molecule has 1 aromatic rings. The highest BCUT2D eigenvalue weighted by Gasteiger charge is 2.34. The van der Waals surface area contributed by atoms with Gasteiger partial charge in [-0.3, -0.25) is 4.79 Å². The maximum atomic E-state index is 11.4. The fourth-order valence-corrected chi connectivity index (χ4v) is 3.94. The quantitative estimate of drug-likeness (QED) is 0.858. The molecule has 2 unspecified atom stereocenters. The van der Waals surface area contributed by atoms with Gasteiger partial charge in [0.25, 0.3) is 0 Å². The van der Waals surface area contributed by atoms with E-state index in [4.69, 9.17) is 5.11 Å². The summed E-state index contributed by atoms with van der Waals surface area (Å²) >= 11 is 1.44. The summed E-state index contributed by atoms with van der Waals surface area (Å²) in [6.45, 7) is 3.45. The molecule has 2 aliphatic heterocycles. The predicted molar refractivity (Wildman–Crippen MR) is 75.3 cm³/mol. The molecule has 0 bridgehead atoms. The van der Waals surface area contributed by atoms with E-state index in [9.17, 15) is 9.59 Å². The minimum atomic E-state index is -0.968. The van der Waals surface area contributed by atoms with Crippen molar-refractivity contribution in [2.45, 2.75) is 32.2 Å². The Labute approximate surface area is 120 Å². The average molecular weight is 295 g/mol. The Hall–Kier alpha value is -1.63. The molecule has 0 spiro atoms. The van der Waals surface area contributed by atoms with E-state index < -0.39 is 5.97 Å². The van der Waals surface area contributed by atoms with Crippen molar-refractivity contribution in [1.29, 1.82) is 0 Å². The predicted octanol–water partition coefficient (Wildman–Crippen LogP) is 1.25. The van der Waals surface area contributed by atoms with E-state index in [2.05, 4.69) is 15.2 Å². The molecular formula is C13H17N3O3S. The summed E-state index contributed by atoms with van der Waals surface area (Å²) in [6, 6.07) is 0.271. The lowest BCUT2D eigenvalue weighted by Gasteiger charge is -2.41. The lowest BCUT2D eigenvalue weighted by Crippen LogP contribution is -2.54. The van der Waals surface area contributed by atoms with E-state index in [0.717, 1.165) is 35.9 Å². The number of nitrogens with zero attached hydrogens (tertiary/aromatic N) is 2. The number of anilines is 1. The zero-order valence-electron chi connectivity index (χ0n) is 11.3. The van der Waals surface area contributed by atoms with Gasteiger partial charge in [0.15, 0.2) is 10.8 Å². The van der Waals surface area contributed by atoms with Crippen LogP contribution in [0.2, 0.25) is 0 Å². The number of carbonyl (C=O) groups is 2. The number of aromatic nitrogens is 1. The van der Waals surface area contributed by atoms with Gasteiger partial charge in [0, 0.05) is 30.4 Å². The highest BCUT2D eigenvalue weighted by Crippen LogP contribution is 2.32. The third kappa shape index (κ3) is 2.37. The standard InChI is InChI=1S/C13H17N3O3S/c1-7-11(12(18)19)15-13(20-7)16-5-4-9-8(6-16)2-3-10(17)14-9/h8-9H,2-6H2,1H3,(H,14,17)(H,18,19). The summed E-state index contributed by atoms with van der Waals surface area (Å²) in [5.41, 5.74) is 0.157. The van der Waals surface area contributed by atoms with E-state index in [1.807, 2.05) is 0 Å². The van der Waals surface area contributed by atoms with Crippen LogP contribution in [0.3, 0.4) is 0 Å². The molecule has 6 nitrogen and oxygen atoms in total. The first kappa shape index (κ1) is 13.4. The molecule has 0 radical (unpaired) electrons. The van der Waals surface area contributed by atoms with Crippen molar-refractivity contribution in [3.05, 3.63) is 10.6 Å². The molecule has 0 aliphatic carbocycles. The Balaban J connectivity index is 1.75. The minimum absolute atomic E-state index is 0.151. The number of thiazole rings is 1. The first-order valence-corrected chi connectivity index (χ1v) is 7.61. The van der Waals surface area contributed by atoms with Crippen molar-refractivity contribution in [2.75, 3.05) is 18.0 Å². The first-order chi connectivity index (χ1) is 9.54. The molecule has 3 heterocycles. The van der Waals surface area contributed by atoms with Gasteiger partial charge < -0.3 is 15.3 Å². The van der Waals surface area contributed by atoms with Crippen LogP contribution in [0.25, 0.3) is 0 Å². The highest BCUT2D eigenvalue weighted by molar-refractivity contribution is 7.15. The molecule has 0 saturated carbocycles. The van der Waals surface area contributed by atoms with Gasteiger partial charge in [0.2, 0.25) is 5.91 Å². The number of aromatic carboxylic acids is 1. The second-order valence-corrected chi connectivity index (χ2v) is 6.60. The van der Waals surface area contributed by atoms with Crippen molar-refractivity contribution < 1.29 is 14.7 Å². The number of rotatable bonds is 2. The lowest BCUT2D eigenvalue weighted by molar-refractivity contribution is -0.124. The van der Waals surface area contributed by atoms with Crippen LogP contribution in [0, 0.1) is 12.8 Å². The van der Waals surface area contributed by atoms with E-state index in [0.29, 0.717) is 12.3 Å². The van der Waals surface area contributed by atoms with Crippen molar-refractivity contribution in [1.82, 2.24) is 10.3 Å². The number of aryl methyl sites for hydroxylation is 1. The summed E-state index contributed by atoms with van der Waals surface area (Å²) in [7, 11) is 0. The Morgan fingerprint density at radius 2 is 2.30 bits per heavy atom. The van der Waals surface area contributed by atoms with E-state index >= 15 is 0 Å². The van der Waals surface area contributed by atoms with Crippen LogP contribution in [0.5, 0.6) is 0 Å². The number of nitrogens with one attached hydrogen (secondary N) is 1. The number of hydrogen-bond acceptors (Lipinski definition) is 5. The van der Waals surface area contributed by atoms with Crippen LogP contribution >= 0.6 is 11.3 Å². The topological polar surface area (TPSA) is 82.5 Å². The lowest BCUT2D eigenvalue weighted by atomic mass is 9.85.